The lowest BCUT2D eigenvalue weighted by Crippen LogP contribution is -2.69. The standard InChI is InChI=1S/C28H39NO7/c1-6-29-14-26(3)8-7-21(35-22(31)12-33-4)28-19(26)9-17(24(28)29)27-11-16(18(30)10-20(27)28)15(2)25(27)36-23(32)13-34-5/h16-17,19-21,24-25H,2,6-14H2,1,3-5H3/t16-,17+,19-,20-,21+,24-,25-,26+,27+,28+/m1/s1. The van der Waals surface area contributed by atoms with Crippen LogP contribution in [0.2, 0.25) is 0 Å². The maximum absolute atomic E-state index is 13.6. The van der Waals surface area contributed by atoms with Gasteiger partial charge in [0.25, 0.3) is 0 Å². The van der Waals surface area contributed by atoms with Crippen LogP contribution in [0.3, 0.4) is 0 Å². The van der Waals surface area contributed by atoms with E-state index in [-0.39, 0.29) is 71.1 Å². The molecular formula is C28H39NO7. The van der Waals surface area contributed by atoms with Crippen LogP contribution >= 0.6 is 0 Å². The van der Waals surface area contributed by atoms with E-state index >= 15 is 0 Å². The van der Waals surface area contributed by atoms with Gasteiger partial charge in [-0.05, 0) is 61.0 Å². The van der Waals surface area contributed by atoms with Gasteiger partial charge in [0, 0.05) is 50.0 Å². The summed E-state index contributed by atoms with van der Waals surface area (Å²) in [6.45, 7) is 10.7. The molecule has 10 atom stereocenters. The monoisotopic (exact) mass is 501 g/mol. The molecule has 0 amide bonds. The number of fused-ring (bicyclic) bond motifs is 1. The first-order valence-electron chi connectivity index (χ1n) is 13.5. The largest absolute Gasteiger partial charge is 0.460 e. The van der Waals surface area contributed by atoms with Gasteiger partial charge in [0.15, 0.2) is 0 Å². The van der Waals surface area contributed by atoms with Crippen LogP contribution < -0.4 is 0 Å². The summed E-state index contributed by atoms with van der Waals surface area (Å²) >= 11 is 0. The molecule has 6 aliphatic rings. The number of Topliss-reactive ketones (excluding diaryl/α,β-unsaturated/α-hetero) is 1. The number of carbonyl (C=O) groups is 3. The number of ether oxygens (including phenoxy) is 4. The summed E-state index contributed by atoms with van der Waals surface area (Å²) in [6, 6.07) is 0.187. The van der Waals surface area contributed by atoms with Crippen LogP contribution in [0, 0.1) is 39.9 Å². The van der Waals surface area contributed by atoms with Gasteiger partial charge >= 0.3 is 11.9 Å². The first-order chi connectivity index (χ1) is 17.2. The van der Waals surface area contributed by atoms with E-state index in [0.29, 0.717) is 18.8 Å². The molecule has 1 saturated heterocycles. The summed E-state index contributed by atoms with van der Waals surface area (Å²) in [4.78, 5) is 41.7. The zero-order valence-electron chi connectivity index (χ0n) is 21.9. The summed E-state index contributed by atoms with van der Waals surface area (Å²) in [5.74, 6) is -0.225. The van der Waals surface area contributed by atoms with Crippen LogP contribution in [-0.4, -0.2) is 81.4 Å². The normalized spacial score (nSPS) is 48.2. The third-order valence-electron chi connectivity index (χ3n) is 11.3. The number of esters is 2. The Hall–Kier alpha value is -1.77. The van der Waals surface area contributed by atoms with Crippen LogP contribution in [0.5, 0.6) is 0 Å². The Balaban J connectivity index is 1.51. The first kappa shape index (κ1) is 24.6. The van der Waals surface area contributed by atoms with E-state index in [2.05, 4.69) is 25.3 Å². The van der Waals surface area contributed by atoms with Crippen molar-refractivity contribution in [3.05, 3.63) is 12.2 Å². The van der Waals surface area contributed by atoms with E-state index in [9.17, 15) is 14.4 Å². The molecule has 0 aromatic heterocycles. The highest BCUT2D eigenvalue weighted by Crippen LogP contribution is 2.83. The fourth-order valence-corrected chi connectivity index (χ4v) is 10.6. The highest BCUT2D eigenvalue weighted by atomic mass is 16.6. The number of piperidine rings is 1. The van der Waals surface area contributed by atoms with Crippen molar-refractivity contribution in [1.82, 2.24) is 4.90 Å². The Labute approximate surface area is 213 Å². The number of likely N-dealkylation sites (tertiary alicyclic amines) is 1. The van der Waals surface area contributed by atoms with Gasteiger partial charge in [-0.2, -0.15) is 0 Å². The van der Waals surface area contributed by atoms with Crippen molar-refractivity contribution in [2.45, 2.75) is 64.2 Å². The molecule has 198 valence electrons. The third kappa shape index (κ3) is 2.79. The molecule has 2 spiro atoms. The second-order valence-electron chi connectivity index (χ2n) is 12.5. The van der Waals surface area contributed by atoms with Gasteiger partial charge in [0.05, 0.1) is 0 Å². The van der Waals surface area contributed by atoms with E-state index in [0.717, 1.165) is 37.9 Å². The van der Waals surface area contributed by atoms with Gasteiger partial charge in [-0.15, -0.1) is 0 Å². The molecule has 36 heavy (non-hydrogen) atoms. The van der Waals surface area contributed by atoms with Crippen molar-refractivity contribution in [3.63, 3.8) is 0 Å². The lowest BCUT2D eigenvalue weighted by Gasteiger charge is -2.65. The van der Waals surface area contributed by atoms with E-state index in [1.54, 1.807) is 0 Å². The lowest BCUT2D eigenvalue weighted by molar-refractivity contribution is -0.226. The molecule has 5 aliphatic carbocycles. The summed E-state index contributed by atoms with van der Waals surface area (Å²) < 4.78 is 22.6. The number of ketones is 1. The smallest absolute Gasteiger partial charge is 0.332 e. The minimum atomic E-state index is -0.505. The van der Waals surface area contributed by atoms with Crippen molar-refractivity contribution in [2.75, 3.05) is 40.5 Å². The number of methoxy groups -OCH3 is 2. The van der Waals surface area contributed by atoms with Gasteiger partial charge in [-0.1, -0.05) is 20.4 Å². The van der Waals surface area contributed by atoms with Gasteiger partial charge < -0.3 is 18.9 Å². The summed E-state index contributed by atoms with van der Waals surface area (Å²) in [5.41, 5.74) is 0.152. The molecule has 0 aromatic carbocycles. The predicted molar refractivity (Wildman–Crippen MR) is 129 cm³/mol. The SMILES string of the molecule is C=C1[C@H]2C[C@@]3([C@@H]1OC(=O)COC)[C@@H](CC2=O)[C@@]12[C@@H](OC(=O)COC)CC[C@@]4(C)CN(CC)[C@@H]1[C@@H]3C[C@H]42. The summed E-state index contributed by atoms with van der Waals surface area (Å²) in [6.07, 6.45) is 3.15. The molecule has 0 N–H and O–H groups in total. The molecule has 7 bridgehead atoms. The second kappa shape index (κ2) is 8.11. The molecule has 0 radical (unpaired) electrons. The fraction of sp³-hybridized carbons (Fsp3) is 0.821. The number of nitrogens with zero attached hydrogens (tertiary/aromatic N) is 1. The fourth-order valence-electron chi connectivity index (χ4n) is 10.6. The molecule has 6 fully saturated rings. The van der Waals surface area contributed by atoms with E-state index < -0.39 is 12.1 Å². The highest BCUT2D eigenvalue weighted by Gasteiger charge is 2.86. The topological polar surface area (TPSA) is 91.4 Å². The van der Waals surface area contributed by atoms with Gasteiger partial charge in [0.1, 0.15) is 31.2 Å². The van der Waals surface area contributed by atoms with Crippen molar-refractivity contribution < 1.29 is 33.3 Å². The molecule has 1 heterocycles. The Morgan fingerprint density at radius 1 is 1.11 bits per heavy atom. The van der Waals surface area contributed by atoms with Gasteiger partial charge in [0.2, 0.25) is 0 Å². The molecule has 0 unspecified atom stereocenters. The lowest BCUT2D eigenvalue weighted by atomic mass is 9.43. The van der Waals surface area contributed by atoms with Crippen LogP contribution in [0.15, 0.2) is 12.2 Å². The minimum absolute atomic E-state index is 0.0172. The zero-order valence-corrected chi connectivity index (χ0v) is 21.9. The Morgan fingerprint density at radius 2 is 1.81 bits per heavy atom. The molecule has 6 rings (SSSR count). The van der Waals surface area contributed by atoms with E-state index in [4.69, 9.17) is 18.9 Å². The molecule has 1 aliphatic heterocycles. The molecule has 8 nitrogen and oxygen atoms in total. The van der Waals surface area contributed by atoms with Crippen molar-refractivity contribution >= 4 is 17.7 Å². The average Bonchev–Trinajstić information content (AvgIpc) is 3.35. The maximum Gasteiger partial charge on any atom is 0.332 e. The summed E-state index contributed by atoms with van der Waals surface area (Å²) in [7, 11) is 2.98. The van der Waals surface area contributed by atoms with Crippen molar-refractivity contribution in [1.29, 1.82) is 0 Å². The Kier molecular flexibility index (Phi) is 5.53. The van der Waals surface area contributed by atoms with Crippen LogP contribution in [0.1, 0.15) is 46.0 Å². The zero-order chi connectivity index (χ0) is 25.6. The molecule has 8 heteroatoms. The molecule has 5 saturated carbocycles. The van der Waals surface area contributed by atoms with Crippen LogP contribution in [-0.2, 0) is 33.3 Å². The summed E-state index contributed by atoms with van der Waals surface area (Å²) in [5, 5.41) is 0. The van der Waals surface area contributed by atoms with Gasteiger partial charge in [-0.3, -0.25) is 9.69 Å². The first-order valence-corrected chi connectivity index (χ1v) is 13.5. The van der Waals surface area contributed by atoms with E-state index in [1.165, 1.54) is 14.2 Å². The Morgan fingerprint density at radius 3 is 2.47 bits per heavy atom. The number of hydrogen-bond acceptors (Lipinski definition) is 8. The quantitative estimate of drug-likeness (QED) is 0.388. The predicted octanol–water partition coefficient (Wildman–Crippen LogP) is 2.39. The number of hydrogen-bond donors (Lipinski definition) is 0. The number of rotatable bonds is 7. The van der Waals surface area contributed by atoms with Crippen LogP contribution in [0.4, 0.5) is 0 Å². The van der Waals surface area contributed by atoms with Crippen molar-refractivity contribution in [3.8, 4) is 0 Å². The Bertz CT molecular complexity index is 1010. The average molecular weight is 502 g/mol. The van der Waals surface area contributed by atoms with E-state index in [1.807, 2.05) is 0 Å². The number of carbonyl (C=O) groups excluding carboxylic acids is 3. The third-order valence-corrected chi connectivity index (χ3v) is 11.3. The molecule has 0 aromatic rings. The molecular weight excluding hydrogens is 462 g/mol. The van der Waals surface area contributed by atoms with Gasteiger partial charge in [-0.25, -0.2) is 9.59 Å². The van der Waals surface area contributed by atoms with Crippen LogP contribution in [0.25, 0.3) is 0 Å². The van der Waals surface area contributed by atoms with Crippen molar-refractivity contribution in [2.24, 2.45) is 39.9 Å². The minimum Gasteiger partial charge on any atom is -0.460 e. The second-order valence-corrected chi connectivity index (χ2v) is 12.5. The highest BCUT2D eigenvalue weighted by molar-refractivity contribution is 5.87. The maximum atomic E-state index is 13.6.